The highest BCUT2D eigenvalue weighted by Crippen LogP contribution is 2.37. The van der Waals surface area contributed by atoms with Crippen LogP contribution < -0.4 is 10.5 Å². The normalized spacial score (nSPS) is 15.8. The summed E-state index contributed by atoms with van der Waals surface area (Å²) in [5.41, 5.74) is 4.28. The van der Waals surface area contributed by atoms with E-state index < -0.39 is 0 Å². The molecule has 1 aliphatic heterocycles. The first kappa shape index (κ1) is 21.7. The van der Waals surface area contributed by atoms with Crippen molar-refractivity contribution in [2.75, 3.05) is 25.5 Å². The third kappa shape index (κ3) is 3.79. The summed E-state index contributed by atoms with van der Waals surface area (Å²) in [6.45, 7) is 4.30. The molecular weight excluding hydrogens is 402 g/mol. The highest BCUT2D eigenvalue weighted by molar-refractivity contribution is 5.96. The average Bonchev–Trinajstić information content (AvgIpc) is 3.27. The third-order valence-corrected chi connectivity index (χ3v) is 6.20. The predicted molar refractivity (Wildman–Crippen MR) is 126 cm³/mol. The summed E-state index contributed by atoms with van der Waals surface area (Å²) in [5.74, 6) is 0.371. The van der Waals surface area contributed by atoms with Crippen molar-refractivity contribution in [3.05, 3.63) is 75.5 Å². The second-order valence-electron chi connectivity index (χ2n) is 8.59. The van der Waals surface area contributed by atoms with E-state index in [2.05, 4.69) is 4.98 Å². The van der Waals surface area contributed by atoms with E-state index in [4.69, 9.17) is 4.98 Å². The fourth-order valence-electron chi connectivity index (χ4n) is 4.37. The van der Waals surface area contributed by atoms with Crippen LogP contribution in [0.4, 0.5) is 5.95 Å². The van der Waals surface area contributed by atoms with Gasteiger partial charge in [-0.3, -0.25) is 9.59 Å². The standard InChI is InChI=1S/C25H29N5O2/c1-16-14-17(2)29(5)23(31)21(16)24(32)30-13-9-12-20(30)22-19(18-10-7-6-8-11-18)15-26-25(27-22)28(3)4/h6-8,10-11,14-15,20H,9,12-13H2,1-5H3/t20-/m1/s1. The van der Waals surface area contributed by atoms with Gasteiger partial charge in [-0.1, -0.05) is 30.3 Å². The van der Waals surface area contributed by atoms with Crippen LogP contribution in [0.25, 0.3) is 11.1 Å². The van der Waals surface area contributed by atoms with Crippen molar-refractivity contribution in [3.8, 4) is 11.1 Å². The number of hydrogen-bond acceptors (Lipinski definition) is 5. The molecule has 7 nitrogen and oxygen atoms in total. The zero-order valence-corrected chi connectivity index (χ0v) is 19.3. The lowest BCUT2D eigenvalue weighted by Gasteiger charge is -2.27. The van der Waals surface area contributed by atoms with Crippen LogP contribution in [0, 0.1) is 13.8 Å². The number of amides is 1. The SMILES string of the molecule is Cc1cc(C)n(C)c(=O)c1C(=O)N1CCC[C@@H]1c1nc(N(C)C)ncc1-c1ccccc1. The Bertz CT molecular complexity index is 1220. The van der Waals surface area contributed by atoms with Crippen LogP contribution in [0.15, 0.2) is 47.4 Å². The molecule has 0 N–H and O–H groups in total. The van der Waals surface area contributed by atoms with Crippen molar-refractivity contribution in [1.29, 1.82) is 0 Å². The number of likely N-dealkylation sites (tertiary alicyclic amines) is 1. The number of aromatic nitrogens is 3. The summed E-state index contributed by atoms with van der Waals surface area (Å²) in [4.78, 5) is 39.7. The van der Waals surface area contributed by atoms with Crippen LogP contribution in [0.2, 0.25) is 0 Å². The van der Waals surface area contributed by atoms with E-state index in [1.807, 2.05) is 80.3 Å². The van der Waals surface area contributed by atoms with Gasteiger partial charge in [0.15, 0.2) is 0 Å². The van der Waals surface area contributed by atoms with Gasteiger partial charge in [0.05, 0.1) is 11.7 Å². The molecule has 0 spiro atoms. The van der Waals surface area contributed by atoms with Crippen molar-refractivity contribution in [2.24, 2.45) is 7.05 Å². The average molecular weight is 432 g/mol. The number of nitrogens with zero attached hydrogens (tertiary/aromatic N) is 5. The summed E-state index contributed by atoms with van der Waals surface area (Å²) in [6, 6.07) is 11.7. The van der Waals surface area contributed by atoms with Gasteiger partial charge >= 0.3 is 0 Å². The van der Waals surface area contributed by atoms with Crippen LogP contribution in [0.3, 0.4) is 0 Å². The Hall–Kier alpha value is -3.48. The van der Waals surface area contributed by atoms with E-state index in [0.29, 0.717) is 18.1 Å². The summed E-state index contributed by atoms with van der Waals surface area (Å²) in [5, 5.41) is 0. The molecule has 1 saturated heterocycles. The Balaban J connectivity index is 1.82. The molecule has 4 rings (SSSR count). The maximum atomic E-state index is 13.7. The number of carbonyl (C=O) groups excluding carboxylic acids is 1. The second-order valence-corrected chi connectivity index (χ2v) is 8.59. The molecule has 0 aliphatic carbocycles. The first-order chi connectivity index (χ1) is 15.3. The Morgan fingerprint density at radius 2 is 1.88 bits per heavy atom. The third-order valence-electron chi connectivity index (χ3n) is 6.20. The van der Waals surface area contributed by atoms with Crippen molar-refractivity contribution in [3.63, 3.8) is 0 Å². The van der Waals surface area contributed by atoms with E-state index in [0.717, 1.165) is 35.4 Å². The fraction of sp³-hybridized carbons (Fsp3) is 0.360. The van der Waals surface area contributed by atoms with E-state index in [1.54, 1.807) is 7.05 Å². The quantitative estimate of drug-likeness (QED) is 0.632. The van der Waals surface area contributed by atoms with Gasteiger partial charge in [-0.05, 0) is 43.9 Å². The van der Waals surface area contributed by atoms with Gasteiger partial charge in [0.2, 0.25) is 5.95 Å². The molecule has 32 heavy (non-hydrogen) atoms. The van der Waals surface area contributed by atoms with Gasteiger partial charge in [-0.2, -0.15) is 0 Å². The number of hydrogen-bond donors (Lipinski definition) is 0. The Morgan fingerprint density at radius 3 is 2.56 bits per heavy atom. The fourth-order valence-corrected chi connectivity index (χ4v) is 4.37. The molecule has 3 aromatic rings. The summed E-state index contributed by atoms with van der Waals surface area (Å²) in [6.07, 6.45) is 3.49. The van der Waals surface area contributed by atoms with Gasteiger partial charge < -0.3 is 14.4 Å². The van der Waals surface area contributed by atoms with E-state index in [9.17, 15) is 9.59 Å². The number of rotatable bonds is 4. The number of carbonyl (C=O) groups is 1. The lowest BCUT2D eigenvalue weighted by Crippen LogP contribution is -2.37. The number of aryl methyl sites for hydroxylation is 2. The van der Waals surface area contributed by atoms with E-state index >= 15 is 0 Å². The summed E-state index contributed by atoms with van der Waals surface area (Å²) >= 11 is 0. The van der Waals surface area contributed by atoms with Gasteiger partial charge in [-0.15, -0.1) is 0 Å². The van der Waals surface area contributed by atoms with Crippen molar-refractivity contribution < 1.29 is 4.79 Å². The largest absolute Gasteiger partial charge is 0.347 e. The van der Waals surface area contributed by atoms with Gasteiger partial charge in [-0.25, -0.2) is 9.97 Å². The van der Waals surface area contributed by atoms with Gasteiger partial charge in [0, 0.05) is 45.1 Å². The highest BCUT2D eigenvalue weighted by atomic mass is 16.2. The molecule has 2 aromatic heterocycles. The number of pyridine rings is 1. The van der Waals surface area contributed by atoms with Crippen LogP contribution >= 0.6 is 0 Å². The van der Waals surface area contributed by atoms with Crippen molar-refractivity contribution in [1.82, 2.24) is 19.4 Å². The number of anilines is 1. The molecule has 3 heterocycles. The summed E-state index contributed by atoms with van der Waals surface area (Å²) in [7, 11) is 5.51. The molecule has 166 valence electrons. The Morgan fingerprint density at radius 1 is 1.16 bits per heavy atom. The maximum Gasteiger partial charge on any atom is 0.263 e. The molecule has 0 bridgehead atoms. The zero-order chi connectivity index (χ0) is 23.0. The molecule has 1 fully saturated rings. The van der Waals surface area contributed by atoms with Crippen molar-refractivity contribution >= 4 is 11.9 Å². The Kier molecular flexibility index (Phi) is 5.82. The molecule has 0 unspecified atom stereocenters. The first-order valence-electron chi connectivity index (χ1n) is 10.9. The molecule has 1 aromatic carbocycles. The van der Waals surface area contributed by atoms with Gasteiger partial charge in [0.25, 0.3) is 11.5 Å². The highest BCUT2D eigenvalue weighted by Gasteiger charge is 2.35. The lowest BCUT2D eigenvalue weighted by atomic mass is 9.99. The maximum absolute atomic E-state index is 13.7. The molecular formula is C25H29N5O2. The first-order valence-corrected chi connectivity index (χ1v) is 10.9. The Labute approximate surface area is 188 Å². The van der Waals surface area contributed by atoms with E-state index in [1.165, 1.54) is 4.57 Å². The molecule has 0 radical (unpaired) electrons. The lowest BCUT2D eigenvalue weighted by molar-refractivity contribution is 0.0730. The molecule has 0 saturated carbocycles. The minimum absolute atomic E-state index is 0.218. The van der Waals surface area contributed by atoms with Crippen LogP contribution in [-0.2, 0) is 7.05 Å². The topological polar surface area (TPSA) is 71.3 Å². The van der Waals surface area contributed by atoms with Crippen molar-refractivity contribution in [2.45, 2.75) is 32.7 Å². The van der Waals surface area contributed by atoms with Crippen LogP contribution in [0.1, 0.15) is 46.2 Å². The predicted octanol–water partition coefficient (Wildman–Crippen LogP) is 3.50. The molecule has 1 amide bonds. The molecule has 1 aliphatic rings. The number of benzene rings is 1. The summed E-state index contributed by atoms with van der Waals surface area (Å²) < 4.78 is 1.54. The smallest absolute Gasteiger partial charge is 0.263 e. The molecule has 1 atom stereocenters. The van der Waals surface area contributed by atoms with Crippen LogP contribution in [0.5, 0.6) is 0 Å². The second kappa shape index (κ2) is 8.57. The minimum atomic E-state index is -0.252. The minimum Gasteiger partial charge on any atom is -0.347 e. The molecule has 7 heteroatoms. The monoisotopic (exact) mass is 431 g/mol. The van der Waals surface area contributed by atoms with Crippen LogP contribution in [-0.4, -0.2) is 46.0 Å². The zero-order valence-electron chi connectivity index (χ0n) is 19.3. The van der Waals surface area contributed by atoms with E-state index in [-0.39, 0.29) is 23.1 Å². The van der Waals surface area contributed by atoms with Gasteiger partial charge in [0.1, 0.15) is 5.56 Å².